The molecule has 6 heteroatoms. The third-order valence-electron chi connectivity index (χ3n) is 5.39. The normalized spacial score (nSPS) is 23.7. The van der Waals surface area contributed by atoms with E-state index in [4.69, 9.17) is 0 Å². The first-order chi connectivity index (χ1) is 11.1. The van der Waals surface area contributed by atoms with Crippen LogP contribution in [0.25, 0.3) is 5.65 Å². The van der Waals surface area contributed by atoms with Gasteiger partial charge in [-0.15, -0.1) is 10.2 Å². The summed E-state index contributed by atoms with van der Waals surface area (Å²) in [5, 5.41) is 12.9. The van der Waals surface area contributed by atoms with Crippen molar-refractivity contribution in [1.29, 1.82) is 0 Å². The average molecular weight is 314 g/mol. The maximum Gasteiger partial charge on any atom is 0.200 e. The lowest BCUT2D eigenvalue weighted by Gasteiger charge is -2.50. The van der Waals surface area contributed by atoms with Crippen LogP contribution in [0.3, 0.4) is 0 Å². The highest BCUT2D eigenvalue weighted by molar-refractivity contribution is 5.69. The molecule has 2 aromatic rings. The molecule has 0 aromatic carbocycles. The number of rotatable bonds is 3. The zero-order chi connectivity index (χ0) is 16.0. The van der Waals surface area contributed by atoms with Crippen LogP contribution in [0.1, 0.15) is 51.6 Å². The summed E-state index contributed by atoms with van der Waals surface area (Å²) < 4.78 is 1.82. The summed E-state index contributed by atoms with van der Waals surface area (Å²) in [5.41, 5.74) is 3.16. The third-order valence-corrected chi connectivity index (χ3v) is 5.39. The monoisotopic (exact) mass is 314 g/mol. The van der Waals surface area contributed by atoms with Gasteiger partial charge in [-0.25, -0.2) is 0 Å². The van der Waals surface area contributed by atoms with E-state index < -0.39 is 0 Å². The first-order valence-electron chi connectivity index (χ1n) is 8.85. The molecule has 4 rings (SSSR count). The third kappa shape index (κ3) is 2.59. The number of aromatic nitrogens is 4. The van der Waals surface area contributed by atoms with E-state index in [0.717, 1.165) is 30.5 Å². The number of piperidine rings is 1. The largest absolute Gasteiger partial charge is 0.365 e. The molecule has 2 aromatic heterocycles. The summed E-state index contributed by atoms with van der Waals surface area (Å²) in [4.78, 5) is 5.13. The van der Waals surface area contributed by atoms with Crippen LogP contribution in [0.5, 0.6) is 0 Å². The molecule has 2 aliphatic heterocycles. The summed E-state index contributed by atoms with van der Waals surface area (Å²) in [6, 6.07) is 3.61. The zero-order valence-corrected chi connectivity index (χ0v) is 14.3. The van der Waals surface area contributed by atoms with E-state index in [0.29, 0.717) is 12.0 Å². The molecule has 0 saturated carbocycles. The number of fused-ring (bicyclic) bond motifs is 1. The minimum atomic E-state index is 0.403. The van der Waals surface area contributed by atoms with Crippen LogP contribution in [0.2, 0.25) is 0 Å². The lowest BCUT2D eigenvalue weighted by molar-refractivity contribution is 0.0876. The molecular weight excluding hydrogens is 288 g/mol. The summed E-state index contributed by atoms with van der Waals surface area (Å²) in [5.74, 6) is 0.403. The lowest BCUT2D eigenvalue weighted by atomic mass is 9.97. The van der Waals surface area contributed by atoms with Crippen molar-refractivity contribution in [3.8, 4) is 0 Å². The standard InChI is InChI=1S/C17H26N6/c1-12(2)15-8-16(17-19-18-11-23(17)20-15)21-9-14(10-21)22-7-5-4-6-13(22)3/h8,11-14H,4-7,9-10H2,1-3H3. The predicted octanol–water partition coefficient (Wildman–Crippen LogP) is 2.31. The maximum absolute atomic E-state index is 4.61. The van der Waals surface area contributed by atoms with E-state index in [9.17, 15) is 0 Å². The Bertz CT molecular complexity index is 687. The highest BCUT2D eigenvalue weighted by Gasteiger charge is 2.36. The first kappa shape index (κ1) is 14.9. The van der Waals surface area contributed by atoms with Crippen molar-refractivity contribution in [2.24, 2.45) is 0 Å². The van der Waals surface area contributed by atoms with E-state index >= 15 is 0 Å². The Morgan fingerprint density at radius 2 is 2.04 bits per heavy atom. The summed E-state index contributed by atoms with van der Waals surface area (Å²) in [6.07, 6.45) is 5.78. The Morgan fingerprint density at radius 1 is 1.22 bits per heavy atom. The van der Waals surface area contributed by atoms with Gasteiger partial charge < -0.3 is 4.90 Å². The van der Waals surface area contributed by atoms with Crippen LogP contribution < -0.4 is 4.90 Å². The smallest absolute Gasteiger partial charge is 0.200 e. The molecule has 0 spiro atoms. The molecule has 0 radical (unpaired) electrons. The van der Waals surface area contributed by atoms with Crippen LogP contribution in [-0.2, 0) is 0 Å². The number of anilines is 1. The van der Waals surface area contributed by atoms with Crippen LogP contribution in [0, 0.1) is 0 Å². The average Bonchev–Trinajstić information content (AvgIpc) is 2.96. The molecule has 0 aliphatic carbocycles. The molecule has 2 saturated heterocycles. The number of nitrogens with zero attached hydrogens (tertiary/aromatic N) is 6. The van der Waals surface area contributed by atoms with Crippen molar-refractivity contribution in [2.75, 3.05) is 24.5 Å². The summed E-state index contributed by atoms with van der Waals surface area (Å²) >= 11 is 0. The molecule has 0 N–H and O–H groups in total. The molecule has 1 unspecified atom stereocenters. The van der Waals surface area contributed by atoms with Crippen molar-refractivity contribution in [3.05, 3.63) is 18.1 Å². The molecule has 2 fully saturated rings. The van der Waals surface area contributed by atoms with Gasteiger partial charge in [0.2, 0.25) is 5.65 Å². The second-order valence-electron chi connectivity index (χ2n) is 7.35. The second kappa shape index (κ2) is 5.74. The molecule has 0 amide bonds. The van der Waals surface area contributed by atoms with Gasteiger partial charge >= 0.3 is 0 Å². The fourth-order valence-electron chi connectivity index (χ4n) is 3.87. The van der Waals surface area contributed by atoms with E-state index in [1.807, 2.05) is 4.52 Å². The summed E-state index contributed by atoms with van der Waals surface area (Å²) in [7, 11) is 0. The highest BCUT2D eigenvalue weighted by Crippen LogP contribution is 2.31. The van der Waals surface area contributed by atoms with Gasteiger partial charge in [0.25, 0.3) is 0 Å². The molecule has 23 heavy (non-hydrogen) atoms. The molecule has 4 heterocycles. The fourth-order valence-corrected chi connectivity index (χ4v) is 3.87. The first-order valence-corrected chi connectivity index (χ1v) is 8.85. The Kier molecular flexibility index (Phi) is 3.71. The summed E-state index contributed by atoms with van der Waals surface area (Å²) in [6.45, 7) is 10.2. The van der Waals surface area contributed by atoms with Crippen LogP contribution in [0.4, 0.5) is 5.69 Å². The van der Waals surface area contributed by atoms with Gasteiger partial charge in [-0.1, -0.05) is 20.3 Å². The molecule has 6 nitrogen and oxygen atoms in total. The van der Waals surface area contributed by atoms with E-state index in [2.05, 4.69) is 51.9 Å². The van der Waals surface area contributed by atoms with Gasteiger partial charge in [0.1, 0.15) is 6.33 Å². The van der Waals surface area contributed by atoms with Crippen molar-refractivity contribution < 1.29 is 0 Å². The molecule has 1 atom stereocenters. The number of likely N-dealkylation sites (tertiary alicyclic amines) is 1. The fraction of sp³-hybridized carbons (Fsp3) is 0.706. The molecule has 124 valence electrons. The Balaban J connectivity index is 1.55. The van der Waals surface area contributed by atoms with Gasteiger partial charge in [0.15, 0.2) is 0 Å². The quantitative estimate of drug-likeness (QED) is 0.870. The molecular formula is C17H26N6. The maximum atomic E-state index is 4.61. The van der Waals surface area contributed by atoms with E-state index in [-0.39, 0.29) is 0 Å². The van der Waals surface area contributed by atoms with Crippen molar-refractivity contribution in [1.82, 2.24) is 24.7 Å². The van der Waals surface area contributed by atoms with Crippen LogP contribution in [-0.4, -0.2) is 56.4 Å². The topological polar surface area (TPSA) is 49.6 Å². The molecule has 2 aliphatic rings. The Morgan fingerprint density at radius 3 is 2.78 bits per heavy atom. The minimum absolute atomic E-state index is 0.403. The van der Waals surface area contributed by atoms with Gasteiger partial charge in [-0.3, -0.25) is 4.90 Å². The minimum Gasteiger partial charge on any atom is -0.365 e. The highest BCUT2D eigenvalue weighted by atomic mass is 15.4. The van der Waals surface area contributed by atoms with Gasteiger partial charge in [0.05, 0.1) is 11.4 Å². The number of hydrogen-bond donors (Lipinski definition) is 0. The van der Waals surface area contributed by atoms with Gasteiger partial charge in [-0.2, -0.15) is 9.61 Å². The van der Waals surface area contributed by atoms with Crippen molar-refractivity contribution >= 4 is 11.3 Å². The zero-order valence-electron chi connectivity index (χ0n) is 14.3. The van der Waals surface area contributed by atoms with Crippen LogP contribution >= 0.6 is 0 Å². The predicted molar refractivity (Wildman–Crippen MR) is 90.9 cm³/mol. The van der Waals surface area contributed by atoms with Crippen molar-refractivity contribution in [3.63, 3.8) is 0 Å². The van der Waals surface area contributed by atoms with Gasteiger partial charge in [-0.05, 0) is 38.3 Å². The molecule has 0 bridgehead atoms. The van der Waals surface area contributed by atoms with E-state index in [1.54, 1.807) is 6.33 Å². The Labute approximate surface area is 137 Å². The Hall–Kier alpha value is -1.69. The SMILES string of the molecule is CC(C)c1cc(N2CC(N3CCCCC3C)C2)c2nncn2n1. The second-order valence-corrected chi connectivity index (χ2v) is 7.35. The van der Waals surface area contributed by atoms with Gasteiger partial charge in [0, 0.05) is 25.2 Å². The number of hydrogen-bond acceptors (Lipinski definition) is 5. The lowest BCUT2D eigenvalue weighted by Crippen LogP contribution is -2.62. The van der Waals surface area contributed by atoms with Crippen molar-refractivity contribution in [2.45, 2.75) is 58.0 Å². The van der Waals surface area contributed by atoms with Crippen LogP contribution in [0.15, 0.2) is 12.4 Å². The van der Waals surface area contributed by atoms with E-state index in [1.165, 1.54) is 31.5 Å².